The highest BCUT2D eigenvalue weighted by molar-refractivity contribution is 9.08. The number of ether oxygens (including phenoxy) is 1. The number of hydrogen-bond acceptors (Lipinski definition) is 3. The Bertz CT molecular complexity index is 628. The lowest BCUT2D eigenvalue weighted by Gasteiger charge is -2.15. The Hall–Kier alpha value is -1.65. The molecule has 0 amide bonds. The first-order valence-electron chi connectivity index (χ1n) is 7.33. The molecule has 4 heteroatoms. The van der Waals surface area contributed by atoms with Crippen LogP contribution in [0.4, 0.5) is 0 Å². The van der Waals surface area contributed by atoms with Gasteiger partial charge >= 0.3 is 5.97 Å². The zero-order chi connectivity index (χ0) is 15.9. The number of carbonyl (C=O) groups excluding carboxylic acids is 1. The zero-order valence-electron chi connectivity index (χ0n) is 12.6. The minimum absolute atomic E-state index is 0.398. The van der Waals surface area contributed by atoms with Crippen molar-refractivity contribution in [2.45, 2.75) is 31.1 Å². The zero-order valence-corrected chi connectivity index (χ0v) is 14.2. The predicted octanol–water partition coefficient (Wildman–Crippen LogP) is 3.62. The van der Waals surface area contributed by atoms with E-state index in [9.17, 15) is 4.79 Å². The first-order chi connectivity index (χ1) is 10.7. The lowest BCUT2D eigenvalue weighted by molar-refractivity contribution is -0.135. The van der Waals surface area contributed by atoms with Gasteiger partial charge in [-0.1, -0.05) is 65.3 Å². The van der Waals surface area contributed by atoms with Crippen LogP contribution in [-0.2, 0) is 23.0 Å². The molecule has 0 aliphatic carbocycles. The molecule has 0 aliphatic rings. The first kappa shape index (κ1) is 16.7. The summed E-state index contributed by atoms with van der Waals surface area (Å²) in [6.07, 6.45) is 1.28. The topological polar surface area (TPSA) is 52.3 Å². The molecule has 0 spiro atoms. The standard InChI is InChI=1S/C18H20BrNO2/c1-2-15-14(12-19)9-6-10-17(15)22-18(21)16(20)11-13-7-4-3-5-8-13/h3-10,16H,2,11-12,20H2,1H3. The van der Waals surface area contributed by atoms with Crippen LogP contribution in [0.5, 0.6) is 5.75 Å². The number of hydrogen-bond donors (Lipinski definition) is 1. The van der Waals surface area contributed by atoms with Crippen LogP contribution in [0.2, 0.25) is 0 Å². The Balaban J connectivity index is 2.08. The Morgan fingerprint density at radius 3 is 2.55 bits per heavy atom. The van der Waals surface area contributed by atoms with Crippen LogP contribution in [-0.4, -0.2) is 12.0 Å². The van der Waals surface area contributed by atoms with Crippen LogP contribution < -0.4 is 10.5 Å². The maximum atomic E-state index is 12.2. The molecule has 0 saturated heterocycles. The van der Waals surface area contributed by atoms with Crippen LogP contribution in [0.25, 0.3) is 0 Å². The third-order valence-electron chi connectivity index (χ3n) is 3.54. The largest absolute Gasteiger partial charge is 0.425 e. The average molecular weight is 362 g/mol. The Kier molecular flexibility index (Phi) is 6.16. The maximum Gasteiger partial charge on any atom is 0.328 e. The molecule has 22 heavy (non-hydrogen) atoms. The molecule has 116 valence electrons. The second kappa shape index (κ2) is 8.11. The van der Waals surface area contributed by atoms with Gasteiger partial charge in [0.2, 0.25) is 0 Å². The Morgan fingerprint density at radius 2 is 1.91 bits per heavy atom. The van der Waals surface area contributed by atoms with E-state index in [0.29, 0.717) is 12.2 Å². The van der Waals surface area contributed by atoms with Gasteiger partial charge in [0, 0.05) is 5.33 Å². The smallest absolute Gasteiger partial charge is 0.328 e. The molecule has 2 aromatic rings. The molecule has 0 saturated carbocycles. The third kappa shape index (κ3) is 4.18. The second-order valence-corrected chi connectivity index (χ2v) is 5.66. The number of halogens is 1. The molecule has 3 nitrogen and oxygen atoms in total. The third-order valence-corrected chi connectivity index (χ3v) is 4.14. The second-order valence-electron chi connectivity index (χ2n) is 5.10. The van der Waals surface area contributed by atoms with E-state index < -0.39 is 12.0 Å². The summed E-state index contributed by atoms with van der Waals surface area (Å²) in [6.45, 7) is 2.04. The molecule has 2 rings (SSSR count). The monoisotopic (exact) mass is 361 g/mol. The fourth-order valence-corrected chi connectivity index (χ4v) is 2.89. The Morgan fingerprint density at radius 1 is 1.18 bits per heavy atom. The summed E-state index contributed by atoms with van der Waals surface area (Å²) in [5.74, 6) is 0.207. The van der Waals surface area contributed by atoms with E-state index in [0.717, 1.165) is 28.4 Å². The van der Waals surface area contributed by atoms with E-state index >= 15 is 0 Å². The lowest BCUT2D eigenvalue weighted by Crippen LogP contribution is -2.36. The fraction of sp³-hybridized carbons (Fsp3) is 0.278. The molecular weight excluding hydrogens is 342 g/mol. The number of alkyl halides is 1. The van der Waals surface area contributed by atoms with Crippen molar-refractivity contribution in [2.75, 3.05) is 0 Å². The summed E-state index contributed by atoms with van der Waals surface area (Å²) in [5, 5.41) is 0.734. The maximum absolute atomic E-state index is 12.2. The summed E-state index contributed by atoms with van der Waals surface area (Å²) in [6, 6.07) is 14.8. The van der Waals surface area contributed by atoms with Crippen LogP contribution in [0, 0.1) is 0 Å². The number of carbonyl (C=O) groups is 1. The first-order valence-corrected chi connectivity index (χ1v) is 8.45. The highest BCUT2D eigenvalue weighted by atomic mass is 79.9. The van der Waals surface area contributed by atoms with Crippen molar-refractivity contribution < 1.29 is 9.53 Å². The van der Waals surface area contributed by atoms with Crippen molar-refractivity contribution in [3.05, 3.63) is 65.2 Å². The van der Waals surface area contributed by atoms with Gasteiger partial charge in [0.25, 0.3) is 0 Å². The van der Waals surface area contributed by atoms with Crippen molar-refractivity contribution in [1.82, 2.24) is 0 Å². The summed E-state index contributed by atoms with van der Waals surface area (Å²) in [5.41, 5.74) is 9.17. The summed E-state index contributed by atoms with van der Waals surface area (Å²) >= 11 is 3.46. The van der Waals surface area contributed by atoms with E-state index in [1.54, 1.807) is 0 Å². The van der Waals surface area contributed by atoms with Gasteiger partial charge in [-0.15, -0.1) is 0 Å². The van der Waals surface area contributed by atoms with Crippen LogP contribution in [0.3, 0.4) is 0 Å². The number of rotatable bonds is 6. The SMILES string of the molecule is CCc1c(CBr)cccc1OC(=O)C(N)Cc1ccccc1. The van der Waals surface area contributed by atoms with Crippen LogP contribution >= 0.6 is 15.9 Å². The molecule has 1 atom stereocenters. The van der Waals surface area contributed by atoms with Gasteiger partial charge in [0.15, 0.2) is 0 Å². The summed E-state index contributed by atoms with van der Waals surface area (Å²) in [4.78, 5) is 12.2. The van der Waals surface area contributed by atoms with Gasteiger partial charge in [-0.2, -0.15) is 0 Å². The van der Waals surface area contributed by atoms with Crippen molar-refractivity contribution in [3.63, 3.8) is 0 Å². The van der Waals surface area contributed by atoms with E-state index in [1.165, 1.54) is 0 Å². The highest BCUT2D eigenvalue weighted by Gasteiger charge is 2.18. The molecule has 0 heterocycles. The highest BCUT2D eigenvalue weighted by Crippen LogP contribution is 2.25. The molecule has 2 N–H and O–H groups in total. The summed E-state index contributed by atoms with van der Waals surface area (Å²) < 4.78 is 5.53. The Labute approximate surface area is 139 Å². The number of nitrogens with two attached hydrogens (primary N) is 1. The van der Waals surface area contributed by atoms with E-state index in [2.05, 4.69) is 15.9 Å². The van der Waals surface area contributed by atoms with Crippen molar-refractivity contribution in [2.24, 2.45) is 5.73 Å². The van der Waals surface area contributed by atoms with E-state index in [-0.39, 0.29) is 0 Å². The molecule has 1 unspecified atom stereocenters. The van der Waals surface area contributed by atoms with Gasteiger partial charge < -0.3 is 10.5 Å². The fourth-order valence-electron chi connectivity index (χ4n) is 2.37. The van der Waals surface area contributed by atoms with Crippen molar-refractivity contribution >= 4 is 21.9 Å². The average Bonchev–Trinajstić information content (AvgIpc) is 2.55. The minimum atomic E-state index is -0.667. The lowest BCUT2D eigenvalue weighted by atomic mass is 10.0. The summed E-state index contributed by atoms with van der Waals surface area (Å²) in [7, 11) is 0. The number of benzene rings is 2. The minimum Gasteiger partial charge on any atom is -0.425 e. The van der Waals surface area contributed by atoms with Crippen LogP contribution in [0.15, 0.2) is 48.5 Å². The molecule has 0 aromatic heterocycles. The molecule has 0 aliphatic heterocycles. The number of esters is 1. The van der Waals surface area contributed by atoms with Crippen molar-refractivity contribution in [1.29, 1.82) is 0 Å². The molecular formula is C18H20BrNO2. The van der Waals surface area contributed by atoms with E-state index in [1.807, 2.05) is 55.5 Å². The molecule has 0 bridgehead atoms. The quantitative estimate of drug-likeness (QED) is 0.485. The van der Waals surface area contributed by atoms with Gasteiger partial charge in [-0.25, -0.2) is 4.79 Å². The molecule has 0 radical (unpaired) electrons. The van der Waals surface area contributed by atoms with Gasteiger partial charge in [-0.05, 0) is 35.6 Å². The normalized spacial score (nSPS) is 12.0. The van der Waals surface area contributed by atoms with Crippen molar-refractivity contribution in [3.8, 4) is 5.75 Å². The van der Waals surface area contributed by atoms with Gasteiger partial charge in [0.05, 0.1) is 0 Å². The molecule has 0 fully saturated rings. The van der Waals surface area contributed by atoms with Crippen LogP contribution in [0.1, 0.15) is 23.6 Å². The van der Waals surface area contributed by atoms with Gasteiger partial charge in [0.1, 0.15) is 11.8 Å². The van der Waals surface area contributed by atoms with Gasteiger partial charge in [-0.3, -0.25) is 0 Å². The van der Waals surface area contributed by atoms with E-state index in [4.69, 9.17) is 10.5 Å². The predicted molar refractivity (Wildman–Crippen MR) is 92.2 cm³/mol. The molecule has 2 aromatic carbocycles.